The average Bonchev–Trinajstić information content (AvgIpc) is 2.35. The van der Waals surface area contributed by atoms with Crippen LogP contribution < -0.4 is 15.5 Å². The number of anilines is 2. The molecular formula is C12H21N5O. The lowest BCUT2D eigenvalue weighted by Crippen LogP contribution is -2.37. The van der Waals surface area contributed by atoms with Crippen LogP contribution in [0.2, 0.25) is 0 Å². The standard InChI is InChI=1S/C12H21N5O/c1-5-14-12(18)8-17(6-2)11-7-10(13-4)15-9(3)16-11/h7H,5-6,8H2,1-4H3,(H,14,18)(H,13,15,16). The summed E-state index contributed by atoms with van der Waals surface area (Å²) in [6, 6.07) is 1.84. The topological polar surface area (TPSA) is 70.2 Å². The zero-order valence-corrected chi connectivity index (χ0v) is 11.4. The highest BCUT2D eigenvalue weighted by Crippen LogP contribution is 2.15. The molecule has 100 valence electrons. The molecule has 1 heterocycles. The van der Waals surface area contributed by atoms with Crippen molar-refractivity contribution in [2.24, 2.45) is 0 Å². The van der Waals surface area contributed by atoms with Crippen LogP contribution in [0.15, 0.2) is 6.07 Å². The van der Waals surface area contributed by atoms with E-state index in [1.165, 1.54) is 0 Å². The molecule has 18 heavy (non-hydrogen) atoms. The monoisotopic (exact) mass is 251 g/mol. The molecule has 0 atom stereocenters. The molecule has 0 saturated carbocycles. The molecule has 0 unspecified atom stereocenters. The van der Waals surface area contributed by atoms with E-state index in [1.807, 2.05) is 38.8 Å². The Bertz CT molecular complexity index is 407. The number of nitrogens with one attached hydrogen (secondary N) is 2. The largest absolute Gasteiger partial charge is 0.373 e. The third kappa shape index (κ3) is 3.87. The maximum atomic E-state index is 11.6. The molecule has 0 aliphatic carbocycles. The number of hydrogen-bond donors (Lipinski definition) is 2. The van der Waals surface area contributed by atoms with E-state index in [1.54, 1.807) is 0 Å². The van der Waals surface area contributed by atoms with Gasteiger partial charge in [0.2, 0.25) is 5.91 Å². The van der Waals surface area contributed by atoms with Crippen molar-refractivity contribution in [2.75, 3.05) is 36.9 Å². The second kappa shape index (κ2) is 6.78. The molecule has 0 aliphatic rings. The Labute approximate surface area is 108 Å². The van der Waals surface area contributed by atoms with Gasteiger partial charge in [0.1, 0.15) is 17.5 Å². The first-order chi connectivity index (χ1) is 8.60. The Morgan fingerprint density at radius 3 is 2.67 bits per heavy atom. The van der Waals surface area contributed by atoms with Crippen LogP contribution in [0.5, 0.6) is 0 Å². The van der Waals surface area contributed by atoms with Gasteiger partial charge < -0.3 is 15.5 Å². The van der Waals surface area contributed by atoms with Crippen LogP contribution in [0, 0.1) is 6.92 Å². The van der Waals surface area contributed by atoms with Crippen molar-refractivity contribution in [1.29, 1.82) is 0 Å². The zero-order chi connectivity index (χ0) is 13.5. The Morgan fingerprint density at radius 1 is 1.39 bits per heavy atom. The second-order valence-corrected chi connectivity index (χ2v) is 3.88. The van der Waals surface area contributed by atoms with Crippen LogP contribution in [0.3, 0.4) is 0 Å². The van der Waals surface area contributed by atoms with Gasteiger partial charge in [-0.2, -0.15) is 0 Å². The zero-order valence-electron chi connectivity index (χ0n) is 11.4. The number of amides is 1. The first-order valence-electron chi connectivity index (χ1n) is 6.15. The Balaban J connectivity index is 2.87. The van der Waals surface area contributed by atoms with E-state index in [-0.39, 0.29) is 5.91 Å². The van der Waals surface area contributed by atoms with Crippen LogP contribution in [0.1, 0.15) is 19.7 Å². The molecule has 6 nitrogen and oxygen atoms in total. The molecule has 1 rings (SSSR count). The quantitative estimate of drug-likeness (QED) is 0.782. The van der Waals surface area contributed by atoms with Gasteiger partial charge in [0.25, 0.3) is 0 Å². The van der Waals surface area contributed by atoms with E-state index in [2.05, 4.69) is 20.6 Å². The van der Waals surface area contributed by atoms with E-state index in [4.69, 9.17) is 0 Å². The Morgan fingerprint density at radius 2 is 2.11 bits per heavy atom. The molecule has 0 bridgehead atoms. The highest BCUT2D eigenvalue weighted by molar-refractivity contribution is 5.81. The summed E-state index contributed by atoms with van der Waals surface area (Å²) in [5, 5.41) is 5.77. The molecule has 0 aromatic carbocycles. The van der Waals surface area contributed by atoms with Crippen molar-refractivity contribution in [3.8, 4) is 0 Å². The molecule has 0 radical (unpaired) electrons. The molecule has 6 heteroatoms. The van der Waals surface area contributed by atoms with Gasteiger partial charge in [-0.15, -0.1) is 0 Å². The first-order valence-corrected chi connectivity index (χ1v) is 6.15. The summed E-state index contributed by atoms with van der Waals surface area (Å²) in [4.78, 5) is 22.1. The van der Waals surface area contributed by atoms with E-state index >= 15 is 0 Å². The van der Waals surface area contributed by atoms with E-state index < -0.39 is 0 Å². The smallest absolute Gasteiger partial charge is 0.239 e. The van der Waals surface area contributed by atoms with Crippen molar-refractivity contribution >= 4 is 17.5 Å². The molecule has 1 amide bonds. The first kappa shape index (κ1) is 14.2. The maximum absolute atomic E-state index is 11.6. The van der Waals surface area contributed by atoms with Gasteiger partial charge in [-0.1, -0.05) is 0 Å². The maximum Gasteiger partial charge on any atom is 0.239 e. The number of carbonyl (C=O) groups is 1. The Hall–Kier alpha value is -1.85. The van der Waals surface area contributed by atoms with Crippen LogP contribution in [-0.4, -0.2) is 42.6 Å². The lowest BCUT2D eigenvalue weighted by atomic mass is 10.4. The molecule has 0 aliphatic heterocycles. The van der Waals surface area contributed by atoms with Crippen LogP contribution in [-0.2, 0) is 4.79 Å². The van der Waals surface area contributed by atoms with E-state index in [0.717, 1.165) is 18.2 Å². The highest BCUT2D eigenvalue weighted by atomic mass is 16.2. The Kier molecular flexibility index (Phi) is 5.35. The molecule has 2 N–H and O–H groups in total. The summed E-state index contributed by atoms with van der Waals surface area (Å²) in [5.74, 6) is 2.21. The number of nitrogens with zero attached hydrogens (tertiary/aromatic N) is 3. The van der Waals surface area contributed by atoms with E-state index in [9.17, 15) is 4.79 Å². The predicted octanol–water partition coefficient (Wildman–Crippen LogP) is 0.789. The summed E-state index contributed by atoms with van der Waals surface area (Å²) in [6.45, 7) is 7.41. The number of carbonyl (C=O) groups excluding carboxylic acids is 1. The summed E-state index contributed by atoms with van der Waals surface area (Å²) >= 11 is 0. The molecule has 0 fully saturated rings. The van der Waals surface area contributed by atoms with Gasteiger partial charge in [-0.25, -0.2) is 9.97 Å². The van der Waals surface area contributed by atoms with Crippen molar-refractivity contribution in [1.82, 2.24) is 15.3 Å². The van der Waals surface area contributed by atoms with Crippen LogP contribution in [0.4, 0.5) is 11.6 Å². The fourth-order valence-corrected chi connectivity index (χ4v) is 1.62. The fraction of sp³-hybridized carbons (Fsp3) is 0.583. The van der Waals surface area contributed by atoms with Crippen LogP contribution >= 0.6 is 0 Å². The second-order valence-electron chi connectivity index (χ2n) is 3.88. The summed E-state index contributed by atoms with van der Waals surface area (Å²) < 4.78 is 0. The van der Waals surface area contributed by atoms with Crippen molar-refractivity contribution < 1.29 is 4.79 Å². The minimum Gasteiger partial charge on any atom is -0.373 e. The van der Waals surface area contributed by atoms with Crippen molar-refractivity contribution in [3.63, 3.8) is 0 Å². The van der Waals surface area contributed by atoms with Gasteiger partial charge in [0.05, 0.1) is 6.54 Å². The molecular weight excluding hydrogens is 230 g/mol. The lowest BCUT2D eigenvalue weighted by Gasteiger charge is -2.21. The molecule has 0 spiro atoms. The van der Waals surface area contributed by atoms with Gasteiger partial charge in [0.15, 0.2) is 0 Å². The number of rotatable bonds is 6. The van der Waals surface area contributed by atoms with Crippen LogP contribution in [0.25, 0.3) is 0 Å². The average molecular weight is 251 g/mol. The normalized spacial score (nSPS) is 10.0. The highest BCUT2D eigenvalue weighted by Gasteiger charge is 2.12. The molecule has 1 aromatic heterocycles. The van der Waals surface area contributed by atoms with Gasteiger partial charge in [-0.3, -0.25) is 4.79 Å². The third-order valence-electron chi connectivity index (χ3n) is 2.49. The minimum absolute atomic E-state index is 0.00150. The van der Waals surface area contributed by atoms with Gasteiger partial charge in [-0.05, 0) is 20.8 Å². The van der Waals surface area contributed by atoms with Crippen molar-refractivity contribution in [2.45, 2.75) is 20.8 Å². The minimum atomic E-state index is 0.00150. The van der Waals surface area contributed by atoms with Gasteiger partial charge in [0, 0.05) is 26.2 Å². The van der Waals surface area contributed by atoms with Gasteiger partial charge >= 0.3 is 0 Å². The number of aryl methyl sites for hydroxylation is 1. The number of hydrogen-bond acceptors (Lipinski definition) is 5. The lowest BCUT2D eigenvalue weighted by molar-refractivity contribution is -0.119. The number of likely N-dealkylation sites (N-methyl/N-ethyl adjacent to an activating group) is 2. The SMILES string of the molecule is CCNC(=O)CN(CC)c1cc(NC)nc(C)n1. The third-order valence-corrected chi connectivity index (χ3v) is 2.49. The molecule has 1 aromatic rings. The number of aromatic nitrogens is 2. The fourth-order valence-electron chi connectivity index (χ4n) is 1.62. The van der Waals surface area contributed by atoms with E-state index in [0.29, 0.717) is 18.9 Å². The van der Waals surface area contributed by atoms with Crippen molar-refractivity contribution in [3.05, 3.63) is 11.9 Å². The molecule has 0 saturated heterocycles. The summed E-state index contributed by atoms with van der Waals surface area (Å²) in [5.41, 5.74) is 0. The summed E-state index contributed by atoms with van der Waals surface area (Å²) in [7, 11) is 1.81. The predicted molar refractivity (Wildman–Crippen MR) is 72.9 cm³/mol. The summed E-state index contributed by atoms with van der Waals surface area (Å²) in [6.07, 6.45) is 0.